The third-order valence-corrected chi connectivity index (χ3v) is 14.9. The van der Waals surface area contributed by atoms with Crippen molar-refractivity contribution in [1.29, 1.82) is 0 Å². The van der Waals surface area contributed by atoms with Gasteiger partial charge in [-0.15, -0.1) is 0 Å². The second kappa shape index (κ2) is 25.5. The largest absolute Gasteiger partial charge is 0.481 e. The van der Waals surface area contributed by atoms with Gasteiger partial charge < -0.3 is 52.3 Å². The maximum atomic E-state index is 15.3. The first kappa shape index (κ1) is 55.4. The molecule has 17 nitrogen and oxygen atoms in total. The van der Waals surface area contributed by atoms with Crippen molar-refractivity contribution in [1.82, 2.24) is 25.3 Å². The van der Waals surface area contributed by atoms with Crippen LogP contribution >= 0.6 is 0 Å². The van der Waals surface area contributed by atoms with E-state index in [0.29, 0.717) is 70.8 Å². The molecule has 5 rings (SSSR count). The summed E-state index contributed by atoms with van der Waals surface area (Å²) < 4.78 is 0. The van der Waals surface area contributed by atoms with Crippen molar-refractivity contribution in [3.8, 4) is 0 Å². The Morgan fingerprint density at radius 3 is 2.10 bits per heavy atom. The summed E-state index contributed by atoms with van der Waals surface area (Å²) in [6, 6.07) is 1.69. The molecule has 3 fully saturated rings. The summed E-state index contributed by atoms with van der Waals surface area (Å²) in [7, 11) is 0. The van der Waals surface area contributed by atoms with Crippen molar-refractivity contribution in [3.63, 3.8) is 0 Å². The van der Waals surface area contributed by atoms with Crippen molar-refractivity contribution in [2.24, 2.45) is 17.4 Å². The molecule has 0 aliphatic carbocycles. The fraction of sp³-hybridized carbons (Fsp3) is 0.642. The van der Waals surface area contributed by atoms with Crippen LogP contribution in [0, 0.1) is 5.92 Å². The molecule has 0 bridgehead atoms. The van der Waals surface area contributed by atoms with Crippen LogP contribution in [0.5, 0.6) is 0 Å². The lowest BCUT2D eigenvalue weighted by molar-refractivity contribution is -0.151. The summed E-state index contributed by atoms with van der Waals surface area (Å²) in [5, 5.41) is 27.7. The smallest absolute Gasteiger partial charge is 0.326 e. The van der Waals surface area contributed by atoms with Crippen molar-refractivity contribution in [2.75, 3.05) is 25.0 Å². The van der Waals surface area contributed by atoms with Crippen LogP contribution in [0.3, 0.4) is 0 Å². The van der Waals surface area contributed by atoms with Gasteiger partial charge in [0.25, 0.3) is 0 Å². The number of allylic oxidation sites excluding steroid dienone is 6. The van der Waals surface area contributed by atoms with Crippen LogP contribution in [0.4, 0.5) is 5.69 Å². The van der Waals surface area contributed by atoms with E-state index < -0.39 is 83.9 Å². The van der Waals surface area contributed by atoms with E-state index in [2.05, 4.69) is 67.9 Å². The van der Waals surface area contributed by atoms with Gasteiger partial charge in [0.05, 0.1) is 6.04 Å². The van der Waals surface area contributed by atoms with E-state index >= 15 is 4.79 Å². The van der Waals surface area contributed by atoms with Crippen molar-refractivity contribution in [3.05, 3.63) is 64.8 Å². The van der Waals surface area contributed by atoms with E-state index in [1.165, 1.54) is 21.6 Å². The first-order valence-electron chi connectivity index (χ1n) is 25.6. The molecule has 0 unspecified atom stereocenters. The second-order valence-corrected chi connectivity index (χ2v) is 20.4. The van der Waals surface area contributed by atoms with E-state index in [0.717, 1.165) is 36.9 Å². The number of hydrogen-bond donors (Lipinski definition) is 7. The molecule has 386 valence electrons. The topological polar surface area (TPSA) is 258 Å². The Hall–Kier alpha value is -5.55. The van der Waals surface area contributed by atoms with Gasteiger partial charge in [0.1, 0.15) is 36.4 Å². The quantitative estimate of drug-likeness (QED) is 0.0474. The number of aliphatic carboxylic acids is 2. The lowest BCUT2D eigenvalue weighted by Crippen LogP contribution is -2.60. The number of carbonyl (C=O) groups excluding carboxylic acids is 5. The zero-order chi connectivity index (χ0) is 51.3. The standard InChI is InChI=1S/C53H80N8O9/c1-7-36(6)45(47(65)56-40(51(69)70)25-26-44(62)63)58-46(64)41-23-14-30-59(41)49(67)42-24-15-31-60(42)50(68)43-32-53(28-27-35(5)19-13-18-34(4)17-12-16-33(2)3)37-20-8-9-22-39(37)57-52(53)61(43)48(66)38(55)21-10-11-29-54/h8-9,16,18,20,22,27,36,38,40-43,45,52,57H,7,10-15,17,19,21,23-26,28-32,54-55H2,1-6H3,(H,56,65)(H,58,64)(H,62,63)(H,69,70)/b34-18+,35-27+/t36-,38-,40-,41-,42-,43-,45-,52+,53+/m0/s1. The zero-order valence-electron chi connectivity index (χ0n) is 42.3. The molecule has 0 spiro atoms. The van der Waals surface area contributed by atoms with Crippen LogP contribution in [0.15, 0.2) is 59.2 Å². The first-order chi connectivity index (χ1) is 33.3. The number of fused-ring (bicyclic) bond motifs is 3. The molecule has 4 aliphatic rings. The summed E-state index contributed by atoms with van der Waals surface area (Å²) in [5.74, 6) is -5.46. The minimum absolute atomic E-state index is 0.250. The Balaban J connectivity index is 1.40. The lowest BCUT2D eigenvalue weighted by Gasteiger charge is -2.37. The molecule has 9 N–H and O–H groups in total. The average Bonchev–Trinajstić information content (AvgIpc) is 4.14. The molecule has 5 amide bonds. The van der Waals surface area contributed by atoms with Gasteiger partial charge >= 0.3 is 11.9 Å². The number of unbranched alkanes of at least 4 members (excludes halogenated alkanes) is 1. The predicted octanol–water partition coefficient (Wildman–Crippen LogP) is 5.49. The van der Waals surface area contributed by atoms with Crippen LogP contribution in [0.1, 0.15) is 150 Å². The van der Waals surface area contributed by atoms with Gasteiger partial charge in [-0.1, -0.05) is 79.8 Å². The second-order valence-electron chi connectivity index (χ2n) is 20.4. The number of amides is 5. The number of likely N-dealkylation sites (tertiary alicyclic amines) is 3. The highest BCUT2D eigenvalue weighted by Gasteiger charge is 2.61. The summed E-state index contributed by atoms with van der Waals surface area (Å²) >= 11 is 0. The number of nitrogens with zero attached hydrogens (tertiary/aromatic N) is 3. The van der Waals surface area contributed by atoms with Crippen LogP contribution in [0.25, 0.3) is 0 Å². The highest BCUT2D eigenvalue weighted by Crippen LogP contribution is 2.54. The van der Waals surface area contributed by atoms with E-state index in [-0.39, 0.29) is 37.2 Å². The maximum absolute atomic E-state index is 15.3. The van der Waals surface area contributed by atoms with Gasteiger partial charge in [-0.25, -0.2) is 4.79 Å². The normalized spacial score (nSPS) is 23.7. The average molecular weight is 973 g/mol. The van der Waals surface area contributed by atoms with Crippen molar-refractivity contribution in [2.45, 2.75) is 192 Å². The Kier molecular flexibility index (Phi) is 20.2. The summed E-state index contributed by atoms with van der Waals surface area (Å²) in [6.07, 6.45) is 14.0. The number of nitrogens with two attached hydrogens (primary N) is 2. The third kappa shape index (κ3) is 13.4. The number of carbonyl (C=O) groups is 7. The predicted molar refractivity (Wildman–Crippen MR) is 269 cm³/mol. The molecule has 3 saturated heterocycles. The Labute approximate surface area is 414 Å². The molecule has 1 aromatic rings. The first-order valence-corrected chi connectivity index (χ1v) is 25.6. The van der Waals surface area contributed by atoms with E-state index in [1.54, 1.807) is 16.7 Å². The fourth-order valence-electron chi connectivity index (χ4n) is 10.7. The van der Waals surface area contributed by atoms with E-state index in [4.69, 9.17) is 16.6 Å². The molecule has 0 aromatic heterocycles. The molecule has 4 heterocycles. The molecule has 70 heavy (non-hydrogen) atoms. The highest BCUT2D eigenvalue weighted by molar-refractivity contribution is 5.98. The minimum atomic E-state index is -1.48. The van der Waals surface area contributed by atoms with Crippen LogP contribution in [-0.4, -0.2) is 128 Å². The molecular formula is C53H80N8O9. The number of anilines is 1. The fourth-order valence-corrected chi connectivity index (χ4v) is 10.7. The lowest BCUT2D eigenvalue weighted by atomic mass is 9.74. The van der Waals surface area contributed by atoms with Gasteiger partial charge in [-0.05, 0) is 135 Å². The van der Waals surface area contributed by atoms with Crippen molar-refractivity contribution < 1.29 is 43.8 Å². The molecular weight excluding hydrogens is 893 g/mol. The number of nitrogens with one attached hydrogen (secondary N) is 3. The number of hydrogen-bond acceptors (Lipinski definition) is 10. The van der Waals surface area contributed by atoms with Crippen LogP contribution in [0.2, 0.25) is 0 Å². The molecule has 0 radical (unpaired) electrons. The molecule has 9 atom stereocenters. The molecule has 17 heteroatoms. The SMILES string of the molecule is CC[C@H](C)[C@H](NC(=O)[C@@H]1CCCN1C(=O)[C@@H]1CCCN1C(=O)[C@@H]1C[C@]2(C/C=C(\C)CC/C=C(\C)CCC=C(C)C)c3ccccc3N[C@@H]2N1C(=O)[C@@H](N)CCCCN)C(=O)N[C@@H](CCC(=O)O)C(=O)O. The summed E-state index contributed by atoms with van der Waals surface area (Å²) in [4.78, 5) is 100. The van der Waals surface area contributed by atoms with Gasteiger partial charge in [-0.3, -0.25) is 28.8 Å². The monoisotopic (exact) mass is 973 g/mol. The molecule has 0 saturated carbocycles. The number of carboxylic acid groups (broad SMARTS) is 2. The third-order valence-electron chi connectivity index (χ3n) is 14.9. The summed E-state index contributed by atoms with van der Waals surface area (Å²) in [5.41, 5.74) is 17.6. The number of carboxylic acids is 2. The highest BCUT2D eigenvalue weighted by atomic mass is 16.4. The number of rotatable bonds is 25. The Bertz CT molecular complexity index is 2150. The summed E-state index contributed by atoms with van der Waals surface area (Å²) in [6.45, 7) is 13.1. The zero-order valence-corrected chi connectivity index (χ0v) is 42.3. The van der Waals surface area contributed by atoms with Gasteiger partial charge in [0.15, 0.2) is 0 Å². The Morgan fingerprint density at radius 2 is 1.46 bits per heavy atom. The van der Waals surface area contributed by atoms with E-state index in [1.807, 2.05) is 25.1 Å². The van der Waals surface area contributed by atoms with Gasteiger partial charge in [0, 0.05) is 30.6 Å². The van der Waals surface area contributed by atoms with Gasteiger partial charge in [0.2, 0.25) is 29.5 Å². The number of para-hydroxylation sites is 1. The van der Waals surface area contributed by atoms with E-state index in [9.17, 15) is 33.9 Å². The maximum Gasteiger partial charge on any atom is 0.326 e. The number of benzene rings is 1. The van der Waals surface area contributed by atoms with Gasteiger partial charge in [-0.2, -0.15) is 0 Å². The molecule has 4 aliphatic heterocycles. The minimum Gasteiger partial charge on any atom is -0.481 e. The molecule has 1 aromatic carbocycles. The Morgan fingerprint density at radius 1 is 0.829 bits per heavy atom. The van der Waals surface area contributed by atoms with Crippen molar-refractivity contribution >= 4 is 47.2 Å². The van der Waals surface area contributed by atoms with Crippen LogP contribution in [-0.2, 0) is 39.0 Å². The van der Waals surface area contributed by atoms with Crippen LogP contribution < -0.4 is 27.4 Å².